The van der Waals surface area contributed by atoms with Gasteiger partial charge in [-0.1, -0.05) is 19.8 Å². The SMILES string of the molecule is CCNCc1cc(CN2CCCC3CCCCC32)oc1C. The second-order valence-corrected chi connectivity index (χ2v) is 6.80. The Hall–Kier alpha value is -0.800. The van der Waals surface area contributed by atoms with Crippen molar-refractivity contribution in [1.82, 2.24) is 10.2 Å². The Bertz CT molecular complexity index is 452. The predicted octanol–water partition coefficient (Wildman–Crippen LogP) is 3.85. The lowest BCUT2D eigenvalue weighted by molar-refractivity contribution is 0.0493. The number of aryl methyl sites for hydroxylation is 1. The minimum absolute atomic E-state index is 0.815. The fourth-order valence-corrected chi connectivity index (χ4v) is 4.23. The van der Waals surface area contributed by atoms with Crippen molar-refractivity contribution in [2.75, 3.05) is 13.1 Å². The van der Waals surface area contributed by atoms with Crippen molar-refractivity contribution in [2.45, 2.75) is 71.5 Å². The lowest BCUT2D eigenvalue weighted by Crippen LogP contribution is -2.46. The van der Waals surface area contributed by atoms with Gasteiger partial charge < -0.3 is 9.73 Å². The summed E-state index contributed by atoms with van der Waals surface area (Å²) in [6, 6.07) is 3.08. The van der Waals surface area contributed by atoms with E-state index >= 15 is 0 Å². The molecule has 1 aliphatic carbocycles. The molecule has 1 aliphatic heterocycles. The molecule has 118 valence electrons. The lowest BCUT2D eigenvalue weighted by atomic mass is 9.78. The number of rotatable bonds is 5. The molecule has 1 aromatic heterocycles. The average molecular weight is 290 g/mol. The first-order chi connectivity index (χ1) is 10.3. The van der Waals surface area contributed by atoms with Crippen LogP contribution in [0.2, 0.25) is 0 Å². The number of furan rings is 1. The van der Waals surface area contributed by atoms with Gasteiger partial charge in [0.05, 0.1) is 6.54 Å². The summed E-state index contributed by atoms with van der Waals surface area (Å²) in [5, 5.41) is 3.39. The third-order valence-corrected chi connectivity index (χ3v) is 5.35. The van der Waals surface area contributed by atoms with Gasteiger partial charge in [-0.2, -0.15) is 0 Å². The summed E-state index contributed by atoms with van der Waals surface area (Å²) >= 11 is 0. The van der Waals surface area contributed by atoms with Crippen LogP contribution in [0.25, 0.3) is 0 Å². The molecule has 2 unspecified atom stereocenters. The number of nitrogens with one attached hydrogen (secondary N) is 1. The Balaban J connectivity index is 1.65. The first-order valence-electron chi connectivity index (χ1n) is 8.81. The summed E-state index contributed by atoms with van der Waals surface area (Å²) in [5.41, 5.74) is 1.32. The topological polar surface area (TPSA) is 28.4 Å². The zero-order valence-electron chi connectivity index (χ0n) is 13.7. The van der Waals surface area contributed by atoms with E-state index < -0.39 is 0 Å². The van der Waals surface area contributed by atoms with E-state index in [0.29, 0.717) is 0 Å². The van der Waals surface area contributed by atoms with Crippen LogP contribution in [0.3, 0.4) is 0 Å². The number of hydrogen-bond acceptors (Lipinski definition) is 3. The molecule has 0 amide bonds. The Morgan fingerprint density at radius 1 is 1.24 bits per heavy atom. The minimum atomic E-state index is 0.815. The van der Waals surface area contributed by atoms with Gasteiger partial charge in [-0.15, -0.1) is 0 Å². The smallest absolute Gasteiger partial charge is 0.118 e. The third kappa shape index (κ3) is 3.51. The van der Waals surface area contributed by atoms with Gasteiger partial charge in [0.25, 0.3) is 0 Å². The van der Waals surface area contributed by atoms with Crippen LogP contribution in [-0.2, 0) is 13.1 Å². The maximum Gasteiger partial charge on any atom is 0.118 e. The molecule has 3 nitrogen and oxygen atoms in total. The van der Waals surface area contributed by atoms with Crippen LogP contribution in [0.15, 0.2) is 10.5 Å². The molecule has 21 heavy (non-hydrogen) atoms. The average Bonchev–Trinajstić information content (AvgIpc) is 2.85. The number of fused-ring (bicyclic) bond motifs is 1. The van der Waals surface area contributed by atoms with Gasteiger partial charge in [-0.3, -0.25) is 4.90 Å². The maximum absolute atomic E-state index is 6.01. The van der Waals surface area contributed by atoms with Gasteiger partial charge in [0.15, 0.2) is 0 Å². The first-order valence-corrected chi connectivity index (χ1v) is 8.81. The van der Waals surface area contributed by atoms with E-state index in [-0.39, 0.29) is 0 Å². The zero-order valence-corrected chi connectivity index (χ0v) is 13.7. The van der Waals surface area contributed by atoms with E-state index in [2.05, 4.69) is 30.1 Å². The number of likely N-dealkylation sites (tertiary alicyclic amines) is 1. The second-order valence-electron chi connectivity index (χ2n) is 6.80. The third-order valence-electron chi connectivity index (χ3n) is 5.35. The highest BCUT2D eigenvalue weighted by Gasteiger charge is 2.33. The van der Waals surface area contributed by atoms with Crippen molar-refractivity contribution in [3.63, 3.8) is 0 Å². The Morgan fingerprint density at radius 2 is 2.05 bits per heavy atom. The predicted molar refractivity (Wildman–Crippen MR) is 86.2 cm³/mol. The van der Waals surface area contributed by atoms with Crippen molar-refractivity contribution in [3.05, 3.63) is 23.2 Å². The van der Waals surface area contributed by atoms with Gasteiger partial charge in [-0.25, -0.2) is 0 Å². The molecular formula is C18H30N2O. The summed E-state index contributed by atoms with van der Waals surface area (Å²) in [6.07, 6.45) is 8.52. The van der Waals surface area contributed by atoms with Gasteiger partial charge in [0.2, 0.25) is 0 Å². The molecule has 0 bridgehead atoms. The van der Waals surface area contributed by atoms with Crippen molar-refractivity contribution in [3.8, 4) is 0 Å². The highest BCUT2D eigenvalue weighted by Crippen LogP contribution is 2.36. The molecular weight excluding hydrogens is 260 g/mol. The molecule has 3 rings (SSSR count). The van der Waals surface area contributed by atoms with E-state index in [1.54, 1.807) is 0 Å². The van der Waals surface area contributed by atoms with Crippen molar-refractivity contribution < 1.29 is 4.42 Å². The molecule has 1 aromatic rings. The van der Waals surface area contributed by atoms with Gasteiger partial charge >= 0.3 is 0 Å². The quantitative estimate of drug-likeness (QED) is 0.893. The van der Waals surface area contributed by atoms with Gasteiger partial charge in [0.1, 0.15) is 11.5 Å². The van der Waals surface area contributed by atoms with Crippen LogP contribution in [0, 0.1) is 12.8 Å². The van der Waals surface area contributed by atoms with Gasteiger partial charge in [0, 0.05) is 18.2 Å². The lowest BCUT2D eigenvalue weighted by Gasteiger charge is -2.43. The van der Waals surface area contributed by atoms with Crippen molar-refractivity contribution in [1.29, 1.82) is 0 Å². The molecule has 1 saturated carbocycles. The molecule has 1 N–H and O–H groups in total. The zero-order chi connectivity index (χ0) is 14.7. The van der Waals surface area contributed by atoms with E-state index in [1.807, 2.05) is 0 Å². The van der Waals surface area contributed by atoms with Crippen LogP contribution < -0.4 is 5.32 Å². The van der Waals surface area contributed by atoms with Crippen molar-refractivity contribution >= 4 is 0 Å². The van der Waals surface area contributed by atoms with E-state index in [9.17, 15) is 0 Å². The van der Waals surface area contributed by atoms with Crippen LogP contribution in [-0.4, -0.2) is 24.0 Å². The monoisotopic (exact) mass is 290 g/mol. The molecule has 3 heteroatoms. The largest absolute Gasteiger partial charge is 0.465 e. The van der Waals surface area contributed by atoms with E-state index in [4.69, 9.17) is 4.42 Å². The summed E-state index contributed by atoms with van der Waals surface area (Å²) in [7, 11) is 0. The van der Waals surface area contributed by atoms with E-state index in [0.717, 1.165) is 43.1 Å². The molecule has 2 heterocycles. The summed E-state index contributed by atoms with van der Waals surface area (Å²) in [5.74, 6) is 3.19. The number of nitrogens with zero attached hydrogens (tertiary/aromatic N) is 1. The normalized spacial score (nSPS) is 26.8. The standard InChI is InChI=1S/C18H30N2O/c1-3-19-12-16-11-17(21-14(16)2)13-20-10-6-8-15-7-4-5-9-18(15)20/h11,15,18-19H,3-10,12-13H2,1-2H3. The van der Waals surface area contributed by atoms with Crippen molar-refractivity contribution in [2.24, 2.45) is 5.92 Å². The molecule has 2 fully saturated rings. The summed E-state index contributed by atoms with van der Waals surface area (Å²) in [4.78, 5) is 2.70. The first kappa shape index (κ1) is 15.1. The molecule has 2 aliphatic rings. The molecule has 0 aromatic carbocycles. The molecule has 2 atom stereocenters. The highest BCUT2D eigenvalue weighted by atomic mass is 16.3. The summed E-state index contributed by atoms with van der Waals surface area (Å²) in [6.45, 7) is 8.44. The molecule has 0 spiro atoms. The Kier molecular flexibility index (Phi) is 5.02. The highest BCUT2D eigenvalue weighted by molar-refractivity contribution is 5.20. The Morgan fingerprint density at radius 3 is 2.90 bits per heavy atom. The fourth-order valence-electron chi connectivity index (χ4n) is 4.23. The van der Waals surface area contributed by atoms with Crippen LogP contribution in [0.5, 0.6) is 0 Å². The molecule has 1 saturated heterocycles. The minimum Gasteiger partial charge on any atom is -0.465 e. The fraction of sp³-hybridized carbons (Fsp3) is 0.778. The van der Waals surface area contributed by atoms with Gasteiger partial charge in [-0.05, 0) is 57.7 Å². The number of piperidine rings is 1. The second kappa shape index (κ2) is 6.97. The molecule has 0 radical (unpaired) electrons. The van der Waals surface area contributed by atoms with Crippen LogP contribution in [0.1, 0.15) is 62.5 Å². The summed E-state index contributed by atoms with van der Waals surface area (Å²) < 4.78 is 6.01. The Labute approximate surface area is 129 Å². The maximum atomic E-state index is 6.01. The van der Waals surface area contributed by atoms with Crippen LogP contribution in [0.4, 0.5) is 0 Å². The van der Waals surface area contributed by atoms with Crippen LogP contribution >= 0.6 is 0 Å². The van der Waals surface area contributed by atoms with E-state index in [1.165, 1.54) is 50.6 Å². The number of hydrogen-bond donors (Lipinski definition) is 1.